The van der Waals surface area contributed by atoms with Crippen molar-refractivity contribution in [2.75, 3.05) is 14.1 Å². The molecule has 5 nitrogen and oxygen atoms in total. The van der Waals surface area contributed by atoms with Crippen molar-refractivity contribution in [2.24, 2.45) is 0 Å². The molecule has 22 heavy (non-hydrogen) atoms. The summed E-state index contributed by atoms with van der Waals surface area (Å²) >= 11 is 0. The van der Waals surface area contributed by atoms with Crippen molar-refractivity contribution < 1.29 is 14.8 Å². The quantitative estimate of drug-likeness (QED) is 0.724. The highest BCUT2D eigenvalue weighted by atomic mass is 16.4. The maximum atomic E-state index is 11.4. The van der Waals surface area contributed by atoms with Crippen LogP contribution in [0.5, 0.6) is 0 Å². The molecule has 0 bridgehead atoms. The molecule has 112 valence electrons. The molecule has 0 atom stereocenters. The molecular formula is C17H17N3O2. The molecule has 0 aliphatic rings. The van der Waals surface area contributed by atoms with E-state index in [2.05, 4.69) is 24.3 Å². The smallest absolute Gasteiger partial charge is 0.103 e. The molecule has 0 saturated heterocycles. The predicted molar refractivity (Wildman–Crippen MR) is 82.4 cm³/mol. The number of quaternary nitrogens is 1. The second kappa shape index (κ2) is 5.61. The average molecular weight is 295 g/mol. The molecule has 2 N–H and O–H groups in total. The first-order valence-corrected chi connectivity index (χ1v) is 7.13. The van der Waals surface area contributed by atoms with Crippen LogP contribution in [-0.2, 0) is 6.54 Å². The maximum absolute atomic E-state index is 11.4. The minimum Gasteiger partial charge on any atom is -0.545 e. The lowest BCUT2D eigenvalue weighted by molar-refractivity contribution is -0.872. The first-order valence-electron chi connectivity index (χ1n) is 7.13. The molecule has 0 spiro atoms. The SMILES string of the molecule is C[NH+](C)Cc1ccccc1-c1n[nH]c2cccc(C(=O)[O-])c12. The van der Waals surface area contributed by atoms with Gasteiger partial charge in [0.05, 0.1) is 25.6 Å². The highest BCUT2D eigenvalue weighted by Gasteiger charge is 2.16. The summed E-state index contributed by atoms with van der Waals surface area (Å²) in [5, 5.41) is 19.3. The lowest BCUT2D eigenvalue weighted by atomic mass is 9.99. The number of hydrogen-bond acceptors (Lipinski definition) is 3. The topological polar surface area (TPSA) is 73.2 Å². The van der Waals surface area contributed by atoms with E-state index >= 15 is 0 Å². The molecule has 3 aromatic rings. The number of aromatic amines is 1. The van der Waals surface area contributed by atoms with Gasteiger partial charge < -0.3 is 14.8 Å². The monoisotopic (exact) mass is 295 g/mol. The molecule has 0 unspecified atom stereocenters. The number of benzene rings is 2. The number of carbonyl (C=O) groups is 1. The van der Waals surface area contributed by atoms with Crippen LogP contribution in [-0.4, -0.2) is 30.3 Å². The van der Waals surface area contributed by atoms with E-state index in [0.717, 1.165) is 17.7 Å². The zero-order valence-corrected chi connectivity index (χ0v) is 12.5. The van der Waals surface area contributed by atoms with Crippen LogP contribution in [0.15, 0.2) is 42.5 Å². The molecule has 0 aliphatic heterocycles. The van der Waals surface area contributed by atoms with Gasteiger partial charge in [-0.15, -0.1) is 0 Å². The van der Waals surface area contributed by atoms with Gasteiger partial charge in [-0.1, -0.05) is 36.4 Å². The fourth-order valence-electron chi connectivity index (χ4n) is 2.72. The predicted octanol–water partition coefficient (Wildman–Crippen LogP) is 0.238. The molecule has 1 aromatic heterocycles. The number of aromatic carboxylic acids is 1. The number of nitrogens with one attached hydrogen (secondary N) is 2. The Labute approximate surface area is 128 Å². The maximum Gasteiger partial charge on any atom is 0.103 e. The second-order valence-corrected chi connectivity index (χ2v) is 5.63. The Bertz CT molecular complexity index is 837. The number of rotatable bonds is 4. The van der Waals surface area contributed by atoms with Crippen LogP contribution >= 0.6 is 0 Å². The molecule has 5 heteroatoms. The summed E-state index contributed by atoms with van der Waals surface area (Å²) in [7, 11) is 4.15. The van der Waals surface area contributed by atoms with Gasteiger partial charge in [0.1, 0.15) is 12.2 Å². The lowest BCUT2D eigenvalue weighted by Gasteiger charge is -2.12. The standard InChI is InChI=1S/C17H17N3O2/c1-20(2)10-11-6-3-4-7-12(11)16-15-13(17(21)22)8-5-9-14(15)18-19-16/h3-9H,10H2,1-2H3,(H,18,19)(H,21,22). The van der Waals surface area contributed by atoms with Crippen LogP contribution in [0.3, 0.4) is 0 Å². The normalized spacial score (nSPS) is 11.2. The summed E-state index contributed by atoms with van der Waals surface area (Å²) in [4.78, 5) is 12.7. The molecule has 0 radical (unpaired) electrons. The third kappa shape index (κ3) is 2.46. The average Bonchev–Trinajstić information content (AvgIpc) is 2.91. The van der Waals surface area contributed by atoms with Crippen molar-refractivity contribution in [3.8, 4) is 11.3 Å². The van der Waals surface area contributed by atoms with E-state index in [9.17, 15) is 9.90 Å². The van der Waals surface area contributed by atoms with Crippen LogP contribution in [0.1, 0.15) is 15.9 Å². The van der Waals surface area contributed by atoms with Gasteiger partial charge in [0.15, 0.2) is 0 Å². The first-order chi connectivity index (χ1) is 10.6. The summed E-state index contributed by atoms with van der Waals surface area (Å²) in [5.41, 5.74) is 3.59. The van der Waals surface area contributed by atoms with Crippen molar-refractivity contribution in [1.82, 2.24) is 10.2 Å². The number of carbonyl (C=O) groups excluding carboxylic acids is 1. The van der Waals surface area contributed by atoms with E-state index in [1.165, 1.54) is 4.90 Å². The summed E-state index contributed by atoms with van der Waals surface area (Å²) in [6.07, 6.45) is 0. The molecule has 2 aromatic carbocycles. The van der Waals surface area contributed by atoms with Gasteiger partial charge in [0.2, 0.25) is 0 Å². The molecule has 0 fully saturated rings. The van der Waals surface area contributed by atoms with Crippen molar-refractivity contribution in [1.29, 1.82) is 0 Å². The Morgan fingerprint density at radius 2 is 1.95 bits per heavy atom. The highest BCUT2D eigenvalue weighted by molar-refractivity contribution is 6.07. The first kappa shape index (κ1) is 14.3. The minimum atomic E-state index is -1.19. The van der Waals surface area contributed by atoms with Crippen molar-refractivity contribution in [3.05, 3.63) is 53.6 Å². The molecule has 1 heterocycles. The number of hydrogen-bond donors (Lipinski definition) is 2. The number of nitrogens with zero attached hydrogens (tertiary/aromatic N) is 1. The molecule has 0 amide bonds. The van der Waals surface area contributed by atoms with Crippen LogP contribution < -0.4 is 10.0 Å². The summed E-state index contributed by atoms with van der Waals surface area (Å²) in [6, 6.07) is 13.0. The van der Waals surface area contributed by atoms with Gasteiger partial charge in [-0.25, -0.2) is 0 Å². The summed E-state index contributed by atoms with van der Waals surface area (Å²) in [5.74, 6) is -1.19. The number of fused-ring (bicyclic) bond motifs is 1. The molecule has 3 rings (SSSR count). The van der Waals surface area contributed by atoms with E-state index in [1.807, 2.05) is 30.3 Å². The van der Waals surface area contributed by atoms with E-state index < -0.39 is 5.97 Å². The second-order valence-electron chi connectivity index (χ2n) is 5.63. The van der Waals surface area contributed by atoms with Gasteiger partial charge in [-0.2, -0.15) is 5.10 Å². The number of carboxylic acid groups (broad SMARTS) is 1. The Morgan fingerprint density at radius 1 is 1.18 bits per heavy atom. The summed E-state index contributed by atoms with van der Waals surface area (Å²) in [6.45, 7) is 0.831. The number of H-pyrrole nitrogens is 1. The van der Waals surface area contributed by atoms with Crippen LogP contribution in [0, 0.1) is 0 Å². The largest absolute Gasteiger partial charge is 0.545 e. The Kier molecular flexibility index (Phi) is 3.65. The summed E-state index contributed by atoms with van der Waals surface area (Å²) < 4.78 is 0. The minimum absolute atomic E-state index is 0.160. The fourth-order valence-corrected chi connectivity index (χ4v) is 2.72. The number of carboxylic acids is 1. The van der Waals surface area contributed by atoms with E-state index in [0.29, 0.717) is 16.6 Å². The van der Waals surface area contributed by atoms with Gasteiger partial charge in [0, 0.05) is 22.1 Å². The van der Waals surface area contributed by atoms with Crippen molar-refractivity contribution in [3.63, 3.8) is 0 Å². The van der Waals surface area contributed by atoms with Gasteiger partial charge >= 0.3 is 0 Å². The fraction of sp³-hybridized carbons (Fsp3) is 0.176. The van der Waals surface area contributed by atoms with Crippen molar-refractivity contribution in [2.45, 2.75) is 6.54 Å². The third-order valence-electron chi connectivity index (χ3n) is 3.63. The van der Waals surface area contributed by atoms with Gasteiger partial charge in [-0.3, -0.25) is 5.10 Å². The molecule has 0 saturated carbocycles. The number of aromatic nitrogens is 2. The zero-order chi connectivity index (χ0) is 15.7. The highest BCUT2D eigenvalue weighted by Crippen LogP contribution is 2.30. The van der Waals surface area contributed by atoms with Gasteiger partial charge in [0.25, 0.3) is 0 Å². The van der Waals surface area contributed by atoms with E-state index in [4.69, 9.17) is 0 Å². The van der Waals surface area contributed by atoms with Crippen LogP contribution in [0.25, 0.3) is 22.2 Å². The van der Waals surface area contributed by atoms with Crippen LogP contribution in [0.4, 0.5) is 0 Å². The Hall–Kier alpha value is -2.66. The zero-order valence-electron chi connectivity index (χ0n) is 12.5. The molecular weight excluding hydrogens is 278 g/mol. The van der Waals surface area contributed by atoms with Crippen molar-refractivity contribution >= 4 is 16.9 Å². The van der Waals surface area contributed by atoms with Crippen LogP contribution in [0.2, 0.25) is 0 Å². The Balaban J connectivity index is 2.26. The lowest BCUT2D eigenvalue weighted by Crippen LogP contribution is -3.04. The van der Waals surface area contributed by atoms with E-state index in [1.54, 1.807) is 12.1 Å². The third-order valence-corrected chi connectivity index (χ3v) is 3.63. The van der Waals surface area contributed by atoms with E-state index in [-0.39, 0.29) is 5.56 Å². The Morgan fingerprint density at radius 3 is 2.68 bits per heavy atom. The van der Waals surface area contributed by atoms with Gasteiger partial charge in [-0.05, 0) is 6.07 Å². The molecule has 0 aliphatic carbocycles.